The van der Waals surface area contributed by atoms with E-state index in [1.807, 2.05) is 0 Å². The lowest BCUT2D eigenvalue weighted by Crippen LogP contribution is -2.21. The fourth-order valence-electron chi connectivity index (χ4n) is 2.38. The Hall–Kier alpha value is -3.66. The van der Waals surface area contributed by atoms with Crippen LogP contribution in [0.2, 0.25) is 5.02 Å². The van der Waals surface area contributed by atoms with Crippen LogP contribution in [0.3, 0.4) is 0 Å². The first-order valence-electron chi connectivity index (χ1n) is 8.54. The van der Waals surface area contributed by atoms with Crippen molar-refractivity contribution in [3.05, 3.63) is 57.1 Å². The number of anilines is 1. The monoisotopic (exact) mass is 434 g/mol. The van der Waals surface area contributed by atoms with Crippen LogP contribution < -0.4 is 20.2 Å². The minimum atomic E-state index is -0.651. The number of nitrogens with one attached hydrogen (secondary N) is 2. The molecule has 0 radical (unpaired) electrons. The molecule has 30 heavy (non-hydrogen) atoms. The molecular weight excluding hydrogens is 416 g/mol. The molecule has 0 heterocycles. The SMILES string of the molecule is COc1ccc(OC)c(NC(=O)C/C(C)=N\NC(=O)c2ccc([N+](=O)[O-])c(Cl)c2)c1. The number of benzene rings is 2. The van der Waals surface area contributed by atoms with E-state index in [0.29, 0.717) is 22.9 Å². The van der Waals surface area contributed by atoms with Gasteiger partial charge in [-0.3, -0.25) is 19.7 Å². The van der Waals surface area contributed by atoms with Crippen LogP contribution in [-0.4, -0.2) is 36.7 Å². The molecular formula is C19H19ClN4O6. The molecule has 0 aliphatic rings. The van der Waals surface area contributed by atoms with Gasteiger partial charge in [-0.25, -0.2) is 5.43 Å². The molecule has 2 amide bonds. The Morgan fingerprint density at radius 2 is 1.90 bits per heavy atom. The van der Waals surface area contributed by atoms with Crippen LogP contribution >= 0.6 is 11.6 Å². The van der Waals surface area contributed by atoms with E-state index in [4.69, 9.17) is 21.1 Å². The third-order valence-electron chi connectivity index (χ3n) is 3.85. The molecule has 0 unspecified atom stereocenters. The number of hydrogen-bond acceptors (Lipinski definition) is 7. The van der Waals surface area contributed by atoms with Crippen molar-refractivity contribution >= 4 is 40.5 Å². The van der Waals surface area contributed by atoms with Gasteiger partial charge in [0.15, 0.2) is 0 Å². The van der Waals surface area contributed by atoms with Gasteiger partial charge < -0.3 is 14.8 Å². The average molecular weight is 435 g/mol. The number of methoxy groups -OCH3 is 2. The summed E-state index contributed by atoms with van der Waals surface area (Å²) in [5.74, 6) is 0.00376. The van der Waals surface area contributed by atoms with E-state index >= 15 is 0 Å². The van der Waals surface area contributed by atoms with Crippen LogP contribution in [0.1, 0.15) is 23.7 Å². The van der Waals surface area contributed by atoms with Gasteiger partial charge in [0.05, 0.1) is 31.3 Å². The summed E-state index contributed by atoms with van der Waals surface area (Å²) < 4.78 is 10.3. The van der Waals surface area contributed by atoms with E-state index in [1.165, 1.54) is 26.4 Å². The molecule has 10 nitrogen and oxygen atoms in total. The maximum Gasteiger partial charge on any atom is 0.287 e. The molecule has 0 saturated carbocycles. The van der Waals surface area contributed by atoms with E-state index < -0.39 is 10.8 Å². The Morgan fingerprint density at radius 3 is 2.50 bits per heavy atom. The molecule has 2 aromatic rings. The summed E-state index contributed by atoms with van der Waals surface area (Å²) >= 11 is 5.79. The van der Waals surface area contributed by atoms with Crippen molar-refractivity contribution in [1.82, 2.24) is 5.43 Å². The van der Waals surface area contributed by atoms with Crippen molar-refractivity contribution in [1.29, 1.82) is 0 Å². The highest BCUT2D eigenvalue weighted by molar-refractivity contribution is 6.33. The molecule has 0 bridgehead atoms. The summed E-state index contributed by atoms with van der Waals surface area (Å²) in [6.07, 6.45) is -0.0956. The molecule has 0 spiro atoms. The fraction of sp³-hybridized carbons (Fsp3) is 0.211. The van der Waals surface area contributed by atoms with Gasteiger partial charge in [-0.1, -0.05) is 11.6 Å². The fourth-order valence-corrected chi connectivity index (χ4v) is 2.63. The molecule has 2 rings (SSSR count). The van der Waals surface area contributed by atoms with E-state index in [0.717, 1.165) is 6.07 Å². The van der Waals surface area contributed by atoms with Crippen molar-refractivity contribution in [2.75, 3.05) is 19.5 Å². The normalized spacial score (nSPS) is 10.9. The molecule has 2 N–H and O–H groups in total. The van der Waals surface area contributed by atoms with Crippen molar-refractivity contribution < 1.29 is 24.0 Å². The molecule has 0 atom stereocenters. The highest BCUT2D eigenvalue weighted by Crippen LogP contribution is 2.29. The zero-order valence-electron chi connectivity index (χ0n) is 16.4. The van der Waals surface area contributed by atoms with Crippen molar-refractivity contribution in [3.63, 3.8) is 0 Å². The Kier molecular flexibility index (Phi) is 7.70. The van der Waals surface area contributed by atoms with Crippen LogP contribution in [0.5, 0.6) is 11.5 Å². The number of rotatable bonds is 8. The summed E-state index contributed by atoms with van der Waals surface area (Å²) in [6.45, 7) is 1.56. The lowest BCUT2D eigenvalue weighted by Gasteiger charge is -2.11. The molecule has 0 saturated heterocycles. The van der Waals surface area contributed by atoms with Crippen LogP contribution in [0.25, 0.3) is 0 Å². The van der Waals surface area contributed by atoms with Crippen molar-refractivity contribution in [2.45, 2.75) is 13.3 Å². The number of carbonyl (C=O) groups is 2. The largest absolute Gasteiger partial charge is 0.497 e. The van der Waals surface area contributed by atoms with Crippen LogP contribution in [0, 0.1) is 10.1 Å². The van der Waals surface area contributed by atoms with Gasteiger partial charge in [0.1, 0.15) is 16.5 Å². The Balaban J connectivity index is 2.00. The quantitative estimate of drug-likeness (QED) is 0.371. The minimum Gasteiger partial charge on any atom is -0.497 e. The summed E-state index contributed by atoms with van der Waals surface area (Å²) in [6, 6.07) is 8.52. The van der Waals surface area contributed by atoms with Crippen molar-refractivity contribution in [3.8, 4) is 11.5 Å². The Morgan fingerprint density at radius 1 is 1.17 bits per heavy atom. The number of hydrogen-bond donors (Lipinski definition) is 2. The first kappa shape index (κ1) is 22.6. The number of nitrogens with zero attached hydrogens (tertiary/aromatic N) is 2. The second kappa shape index (κ2) is 10.2. The predicted molar refractivity (Wildman–Crippen MR) is 111 cm³/mol. The number of hydrazone groups is 1. The molecule has 0 aliphatic carbocycles. The zero-order valence-corrected chi connectivity index (χ0v) is 17.1. The van der Waals surface area contributed by atoms with Gasteiger partial charge in [0.2, 0.25) is 5.91 Å². The highest BCUT2D eigenvalue weighted by atomic mass is 35.5. The van der Waals surface area contributed by atoms with Gasteiger partial charge >= 0.3 is 0 Å². The maximum atomic E-state index is 12.3. The Labute approximate surface area is 177 Å². The second-order valence-corrected chi connectivity index (χ2v) is 6.41. The lowest BCUT2D eigenvalue weighted by molar-refractivity contribution is -0.384. The van der Waals surface area contributed by atoms with E-state index in [-0.39, 0.29) is 28.6 Å². The van der Waals surface area contributed by atoms with E-state index in [1.54, 1.807) is 25.1 Å². The molecule has 11 heteroatoms. The predicted octanol–water partition coefficient (Wildman–Crippen LogP) is 3.40. The maximum absolute atomic E-state index is 12.3. The third kappa shape index (κ3) is 5.92. The smallest absolute Gasteiger partial charge is 0.287 e. The minimum absolute atomic E-state index is 0.0905. The number of ether oxygens (including phenoxy) is 2. The summed E-state index contributed by atoms with van der Waals surface area (Å²) in [7, 11) is 2.98. The summed E-state index contributed by atoms with van der Waals surface area (Å²) in [4.78, 5) is 34.5. The number of halogens is 1. The van der Waals surface area contributed by atoms with Crippen LogP contribution in [-0.2, 0) is 4.79 Å². The Bertz CT molecular complexity index is 1010. The van der Waals surface area contributed by atoms with Crippen LogP contribution in [0.4, 0.5) is 11.4 Å². The summed E-state index contributed by atoms with van der Waals surface area (Å²) in [5, 5.41) is 17.2. The topological polar surface area (TPSA) is 132 Å². The van der Waals surface area contributed by atoms with Gasteiger partial charge in [-0.05, 0) is 31.2 Å². The molecule has 158 valence electrons. The first-order chi connectivity index (χ1) is 14.2. The van der Waals surface area contributed by atoms with E-state index in [2.05, 4.69) is 15.8 Å². The standard InChI is InChI=1S/C19H19ClN4O6/c1-11(8-18(25)21-15-10-13(29-2)5-7-17(15)30-3)22-23-19(26)12-4-6-16(24(27)28)14(20)9-12/h4-7,9-10H,8H2,1-3H3,(H,21,25)(H,23,26)/b22-11-. The van der Waals surface area contributed by atoms with Gasteiger partial charge in [-0.2, -0.15) is 5.10 Å². The average Bonchev–Trinajstić information content (AvgIpc) is 2.71. The molecule has 0 fully saturated rings. The number of nitro benzene ring substituents is 1. The van der Waals surface area contributed by atoms with Gasteiger partial charge in [0.25, 0.3) is 11.6 Å². The number of nitro groups is 1. The molecule has 2 aromatic carbocycles. The number of amides is 2. The summed E-state index contributed by atoms with van der Waals surface area (Å²) in [5.41, 5.74) is 2.82. The van der Waals surface area contributed by atoms with Crippen molar-refractivity contribution in [2.24, 2.45) is 5.10 Å². The second-order valence-electron chi connectivity index (χ2n) is 6.00. The molecule has 0 aromatic heterocycles. The number of carbonyl (C=O) groups excluding carboxylic acids is 2. The first-order valence-corrected chi connectivity index (χ1v) is 8.92. The van der Waals surface area contributed by atoms with Gasteiger partial charge in [0, 0.05) is 23.4 Å². The zero-order chi connectivity index (χ0) is 22.3. The lowest BCUT2D eigenvalue weighted by atomic mass is 10.2. The van der Waals surface area contributed by atoms with Crippen LogP contribution in [0.15, 0.2) is 41.5 Å². The third-order valence-corrected chi connectivity index (χ3v) is 4.15. The highest BCUT2D eigenvalue weighted by Gasteiger charge is 2.15. The van der Waals surface area contributed by atoms with E-state index in [9.17, 15) is 19.7 Å². The van der Waals surface area contributed by atoms with Gasteiger partial charge in [-0.15, -0.1) is 0 Å². The molecule has 0 aliphatic heterocycles.